The molecule has 1 N–H and O–H groups in total. The van der Waals surface area contributed by atoms with Crippen LogP contribution in [0.2, 0.25) is 0 Å². The van der Waals surface area contributed by atoms with E-state index in [1.165, 1.54) is 6.07 Å². The van der Waals surface area contributed by atoms with Crippen LogP contribution < -0.4 is 10.9 Å². The fourth-order valence-electron chi connectivity index (χ4n) is 2.62. The van der Waals surface area contributed by atoms with E-state index in [4.69, 9.17) is 4.42 Å². The predicted octanol–water partition coefficient (Wildman–Crippen LogP) is 1.85. The lowest BCUT2D eigenvalue weighted by Crippen LogP contribution is -2.50. The van der Waals surface area contributed by atoms with Crippen LogP contribution in [0.3, 0.4) is 0 Å². The average molecular weight is 348 g/mol. The van der Waals surface area contributed by atoms with Crippen molar-refractivity contribution in [2.75, 3.05) is 19.6 Å². The zero-order valence-corrected chi connectivity index (χ0v) is 12.9. The van der Waals surface area contributed by atoms with Crippen molar-refractivity contribution in [1.29, 1.82) is 5.26 Å². The molecule has 2 aromatic rings. The summed E-state index contributed by atoms with van der Waals surface area (Å²) in [6.45, 7) is 2.87. The SMILES string of the molecule is N#CC1CNCCN1Cc1cc(=O)oc2cc(Br)ccc12. The second-order valence-corrected chi connectivity index (χ2v) is 5.97. The van der Waals surface area contributed by atoms with E-state index in [1.54, 1.807) is 6.07 Å². The first-order valence-electron chi connectivity index (χ1n) is 6.74. The number of fused-ring (bicyclic) bond motifs is 1. The summed E-state index contributed by atoms with van der Waals surface area (Å²) < 4.78 is 6.11. The Hall–Kier alpha value is -1.68. The number of rotatable bonds is 2. The summed E-state index contributed by atoms with van der Waals surface area (Å²) in [5.41, 5.74) is 1.10. The summed E-state index contributed by atoms with van der Waals surface area (Å²) in [6, 6.07) is 9.30. The van der Waals surface area contributed by atoms with Crippen LogP contribution in [-0.4, -0.2) is 30.6 Å². The van der Waals surface area contributed by atoms with Gasteiger partial charge in [-0.2, -0.15) is 5.26 Å². The number of nitrogens with one attached hydrogen (secondary N) is 1. The molecule has 5 nitrogen and oxygen atoms in total. The molecule has 0 aliphatic carbocycles. The molecule has 108 valence electrons. The molecule has 3 rings (SSSR count). The summed E-state index contributed by atoms with van der Waals surface area (Å²) in [5, 5.41) is 13.3. The van der Waals surface area contributed by atoms with Gasteiger partial charge in [0.1, 0.15) is 11.6 Å². The van der Waals surface area contributed by atoms with E-state index in [1.807, 2.05) is 12.1 Å². The number of hydrogen-bond acceptors (Lipinski definition) is 5. The summed E-state index contributed by atoms with van der Waals surface area (Å²) in [5.74, 6) is 0. The van der Waals surface area contributed by atoms with Gasteiger partial charge in [0.15, 0.2) is 0 Å². The monoisotopic (exact) mass is 347 g/mol. The van der Waals surface area contributed by atoms with Crippen molar-refractivity contribution in [2.45, 2.75) is 12.6 Å². The molecule has 1 atom stereocenters. The zero-order chi connectivity index (χ0) is 14.8. The minimum Gasteiger partial charge on any atom is -0.423 e. The molecule has 1 unspecified atom stereocenters. The minimum atomic E-state index is -0.362. The molecule has 2 heterocycles. The van der Waals surface area contributed by atoms with Crippen molar-refractivity contribution >= 4 is 26.9 Å². The highest BCUT2D eigenvalue weighted by Gasteiger charge is 2.22. The van der Waals surface area contributed by atoms with E-state index in [-0.39, 0.29) is 11.7 Å². The van der Waals surface area contributed by atoms with Crippen molar-refractivity contribution in [1.82, 2.24) is 10.2 Å². The summed E-state index contributed by atoms with van der Waals surface area (Å²) >= 11 is 3.38. The van der Waals surface area contributed by atoms with Crippen LogP contribution in [0.1, 0.15) is 5.56 Å². The summed E-state index contributed by atoms with van der Waals surface area (Å²) in [4.78, 5) is 13.8. The van der Waals surface area contributed by atoms with E-state index < -0.39 is 0 Å². The van der Waals surface area contributed by atoms with Gasteiger partial charge < -0.3 is 9.73 Å². The fourth-order valence-corrected chi connectivity index (χ4v) is 2.96. The van der Waals surface area contributed by atoms with Crippen molar-refractivity contribution in [3.8, 4) is 6.07 Å². The fraction of sp³-hybridized carbons (Fsp3) is 0.333. The Morgan fingerprint density at radius 3 is 3.14 bits per heavy atom. The zero-order valence-electron chi connectivity index (χ0n) is 11.3. The lowest BCUT2D eigenvalue weighted by atomic mass is 10.1. The Bertz CT molecular complexity index is 766. The largest absolute Gasteiger partial charge is 0.423 e. The second kappa shape index (κ2) is 5.98. The van der Waals surface area contributed by atoms with E-state index in [0.717, 1.165) is 28.5 Å². The first-order valence-corrected chi connectivity index (χ1v) is 7.53. The molecule has 0 amide bonds. The van der Waals surface area contributed by atoms with Gasteiger partial charge in [0.05, 0.1) is 6.07 Å². The maximum absolute atomic E-state index is 11.7. The summed E-state index contributed by atoms with van der Waals surface area (Å²) in [6.07, 6.45) is 0. The number of benzene rings is 1. The Morgan fingerprint density at radius 1 is 1.48 bits per heavy atom. The molecule has 0 spiro atoms. The molecule has 0 saturated carbocycles. The molecular weight excluding hydrogens is 334 g/mol. The first kappa shape index (κ1) is 14.3. The highest BCUT2D eigenvalue weighted by molar-refractivity contribution is 9.10. The highest BCUT2D eigenvalue weighted by atomic mass is 79.9. The topological polar surface area (TPSA) is 69.3 Å². The molecule has 1 aliphatic heterocycles. The molecule has 1 fully saturated rings. The Balaban J connectivity index is 2.00. The van der Waals surface area contributed by atoms with E-state index >= 15 is 0 Å². The lowest BCUT2D eigenvalue weighted by Gasteiger charge is -2.32. The number of nitrogens with zero attached hydrogens (tertiary/aromatic N) is 2. The Kier molecular flexibility index (Phi) is 4.06. The molecule has 0 bridgehead atoms. The standard InChI is InChI=1S/C15H14BrN3O2/c16-11-1-2-13-10(5-15(20)21-14(13)6-11)9-19-4-3-18-8-12(19)7-17/h1-2,5-6,12,18H,3-4,8-9H2. The van der Waals surface area contributed by atoms with E-state index in [0.29, 0.717) is 18.7 Å². The maximum atomic E-state index is 11.7. The van der Waals surface area contributed by atoms with Crippen molar-refractivity contribution in [3.63, 3.8) is 0 Å². The van der Waals surface area contributed by atoms with Crippen molar-refractivity contribution < 1.29 is 4.42 Å². The van der Waals surface area contributed by atoms with Gasteiger partial charge in [0, 0.05) is 42.1 Å². The van der Waals surface area contributed by atoms with Gasteiger partial charge in [-0.25, -0.2) is 4.79 Å². The van der Waals surface area contributed by atoms with Crippen LogP contribution in [0.25, 0.3) is 11.0 Å². The molecule has 1 saturated heterocycles. The molecule has 1 aliphatic rings. The normalized spacial score (nSPS) is 19.5. The molecular formula is C15H14BrN3O2. The van der Waals surface area contributed by atoms with Gasteiger partial charge in [0.2, 0.25) is 0 Å². The van der Waals surface area contributed by atoms with Crippen LogP contribution in [0.5, 0.6) is 0 Å². The minimum absolute atomic E-state index is 0.170. The average Bonchev–Trinajstić information content (AvgIpc) is 2.47. The molecule has 6 heteroatoms. The van der Waals surface area contributed by atoms with Gasteiger partial charge in [-0.15, -0.1) is 0 Å². The van der Waals surface area contributed by atoms with E-state index in [9.17, 15) is 10.1 Å². The van der Waals surface area contributed by atoms with Crippen LogP contribution in [0, 0.1) is 11.3 Å². The lowest BCUT2D eigenvalue weighted by molar-refractivity contribution is 0.189. The van der Waals surface area contributed by atoms with Gasteiger partial charge in [-0.1, -0.05) is 15.9 Å². The van der Waals surface area contributed by atoms with Gasteiger partial charge >= 0.3 is 5.63 Å². The van der Waals surface area contributed by atoms with Crippen molar-refractivity contribution in [3.05, 3.63) is 44.7 Å². The van der Waals surface area contributed by atoms with Crippen molar-refractivity contribution in [2.24, 2.45) is 0 Å². The third-order valence-corrected chi connectivity index (χ3v) is 4.16. The first-order chi connectivity index (χ1) is 10.2. The van der Waals surface area contributed by atoms with Gasteiger partial charge in [-0.05, 0) is 23.8 Å². The number of halogens is 1. The number of hydrogen-bond donors (Lipinski definition) is 1. The van der Waals surface area contributed by atoms with E-state index in [2.05, 4.69) is 32.2 Å². The third kappa shape index (κ3) is 3.00. The number of nitriles is 1. The van der Waals surface area contributed by atoms with Crippen LogP contribution >= 0.6 is 15.9 Å². The molecule has 0 radical (unpaired) electrons. The van der Waals surface area contributed by atoms with Crippen LogP contribution in [-0.2, 0) is 6.54 Å². The highest BCUT2D eigenvalue weighted by Crippen LogP contribution is 2.23. The third-order valence-electron chi connectivity index (χ3n) is 3.67. The number of piperazine rings is 1. The quantitative estimate of drug-likeness (QED) is 0.839. The Morgan fingerprint density at radius 2 is 2.33 bits per heavy atom. The van der Waals surface area contributed by atoms with Crippen LogP contribution in [0.4, 0.5) is 0 Å². The smallest absolute Gasteiger partial charge is 0.336 e. The Labute approximate surface area is 130 Å². The van der Waals surface area contributed by atoms with Gasteiger partial charge in [0.25, 0.3) is 0 Å². The van der Waals surface area contributed by atoms with Crippen LogP contribution in [0.15, 0.2) is 37.9 Å². The second-order valence-electron chi connectivity index (χ2n) is 5.05. The molecule has 21 heavy (non-hydrogen) atoms. The molecule has 1 aromatic carbocycles. The predicted molar refractivity (Wildman–Crippen MR) is 82.9 cm³/mol. The maximum Gasteiger partial charge on any atom is 0.336 e. The van der Waals surface area contributed by atoms with Gasteiger partial charge in [-0.3, -0.25) is 4.90 Å². The molecule has 1 aromatic heterocycles. The summed E-state index contributed by atoms with van der Waals surface area (Å²) in [7, 11) is 0.